The molecule has 1 aromatic heterocycles. The molecule has 18 heavy (non-hydrogen) atoms. The van der Waals surface area contributed by atoms with Crippen molar-refractivity contribution < 1.29 is 0 Å². The van der Waals surface area contributed by atoms with Crippen LogP contribution >= 0.6 is 0 Å². The molecule has 0 aliphatic rings. The largest absolute Gasteiger partial charge is 0.356 e. The topological polar surface area (TPSA) is 45.2 Å². The van der Waals surface area contributed by atoms with Gasteiger partial charge in [0.25, 0.3) is 0 Å². The van der Waals surface area contributed by atoms with Crippen molar-refractivity contribution in [1.82, 2.24) is 15.2 Å². The van der Waals surface area contributed by atoms with Gasteiger partial charge in [-0.05, 0) is 26.7 Å². The minimum absolute atomic E-state index is 0.753. The minimum Gasteiger partial charge on any atom is -0.356 e. The van der Waals surface area contributed by atoms with Crippen LogP contribution in [0.3, 0.4) is 0 Å². The lowest BCUT2D eigenvalue weighted by Crippen LogP contribution is -2.29. The highest BCUT2D eigenvalue weighted by Gasteiger charge is 2.11. The standard InChI is InChI=1S/C13H25N5/c1-5-9-18(10-6-2)13-15-12(11-14-16-13)17(7-3)8-4/h11H,5-10H2,1-4H3. The Balaban J connectivity index is 2.90. The van der Waals surface area contributed by atoms with Crippen LogP contribution in [0.15, 0.2) is 6.20 Å². The fourth-order valence-electron chi connectivity index (χ4n) is 1.97. The van der Waals surface area contributed by atoms with Gasteiger partial charge in [-0.15, -0.1) is 5.10 Å². The van der Waals surface area contributed by atoms with Gasteiger partial charge in [0.1, 0.15) is 0 Å². The Hall–Kier alpha value is -1.39. The average Bonchev–Trinajstić information content (AvgIpc) is 2.40. The third kappa shape index (κ3) is 3.82. The van der Waals surface area contributed by atoms with Crippen molar-refractivity contribution in [3.8, 4) is 0 Å². The first-order valence-electron chi connectivity index (χ1n) is 6.96. The van der Waals surface area contributed by atoms with E-state index in [0.717, 1.165) is 50.8 Å². The molecule has 0 aliphatic carbocycles. The maximum atomic E-state index is 4.63. The molecule has 0 spiro atoms. The molecule has 0 unspecified atom stereocenters. The summed E-state index contributed by atoms with van der Waals surface area (Å²) in [7, 11) is 0. The zero-order chi connectivity index (χ0) is 13.4. The Morgan fingerprint density at radius 3 is 2.06 bits per heavy atom. The monoisotopic (exact) mass is 251 g/mol. The van der Waals surface area contributed by atoms with Crippen molar-refractivity contribution in [2.24, 2.45) is 0 Å². The van der Waals surface area contributed by atoms with E-state index < -0.39 is 0 Å². The summed E-state index contributed by atoms with van der Waals surface area (Å²) >= 11 is 0. The van der Waals surface area contributed by atoms with Gasteiger partial charge in [0.05, 0.1) is 6.20 Å². The van der Waals surface area contributed by atoms with Crippen LogP contribution < -0.4 is 9.80 Å². The van der Waals surface area contributed by atoms with Crippen LogP contribution in [-0.4, -0.2) is 41.4 Å². The fraction of sp³-hybridized carbons (Fsp3) is 0.769. The number of hydrogen-bond donors (Lipinski definition) is 0. The summed E-state index contributed by atoms with van der Waals surface area (Å²) < 4.78 is 0. The molecular weight excluding hydrogens is 226 g/mol. The number of rotatable bonds is 8. The van der Waals surface area contributed by atoms with Crippen molar-refractivity contribution >= 4 is 11.8 Å². The maximum Gasteiger partial charge on any atom is 0.247 e. The predicted octanol–water partition coefficient (Wildman–Crippen LogP) is 2.34. The second-order valence-electron chi connectivity index (χ2n) is 4.27. The lowest BCUT2D eigenvalue weighted by atomic mass is 10.4. The van der Waals surface area contributed by atoms with Gasteiger partial charge >= 0.3 is 0 Å². The van der Waals surface area contributed by atoms with Gasteiger partial charge in [-0.25, -0.2) is 0 Å². The van der Waals surface area contributed by atoms with E-state index >= 15 is 0 Å². The van der Waals surface area contributed by atoms with E-state index in [0.29, 0.717) is 0 Å². The van der Waals surface area contributed by atoms with Crippen LogP contribution in [0, 0.1) is 0 Å². The Morgan fingerprint density at radius 2 is 1.56 bits per heavy atom. The van der Waals surface area contributed by atoms with E-state index in [-0.39, 0.29) is 0 Å². The zero-order valence-corrected chi connectivity index (χ0v) is 12.1. The second-order valence-corrected chi connectivity index (χ2v) is 4.27. The molecule has 0 N–H and O–H groups in total. The van der Waals surface area contributed by atoms with Gasteiger partial charge in [-0.2, -0.15) is 10.1 Å². The molecule has 0 fully saturated rings. The molecule has 0 amide bonds. The highest BCUT2D eigenvalue weighted by atomic mass is 15.3. The van der Waals surface area contributed by atoms with Gasteiger partial charge in [0, 0.05) is 26.2 Å². The van der Waals surface area contributed by atoms with E-state index in [1.807, 2.05) is 0 Å². The Labute approximate surface area is 110 Å². The van der Waals surface area contributed by atoms with Crippen molar-refractivity contribution in [2.45, 2.75) is 40.5 Å². The summed E-state index contributed by atoms with van der Waals surface area (Å²) in [5.74, 6) is 1.67. The normalized spacial score (nSPS) is 10.4. The Kier molecular flexibility index (Phi) is 6.39. The van der Waals surface area contributed by atoms with E-state index in [1.54, 1.807) is 6.20 Å². The summed E-state index contributed by atoms with van der Waals surface area (Å²) in [5.41, 5.74) is 0. The van der Waals surface area contributed by atoms with Crippen molar-refractivity contribution in [1.29, 1.82) is 0 Å². The van der Waals surface area contributed by atoms with Crippen LogP contribution in [0.2, 0.25) is 0 Å². The summed E-state index contributed by atoms with van der Waals surface area (Å²) in [6.07, 6.45) is 3.93. The molecule has 1 rings (SSSR count). The lowest BCUT2D eigenvalue weighted by Gasteiger charge is -2.23. The molecule has 0 bridgehead atoms. The lowest BCUT2D eigenvalue weighted by molar-refractivity contribution is 0.705. The Morgan fingerprint density at radius 1 is 0.944 bits per heavy atom. The molecule has 0 atom stereocenters. The minimum atomic E-state index is 0.753. The van der Waals surface area contributed by atoms with Gasteiger partial charge in [-0.3, -0.25) is 0 Å². The van der Waals surface area contributed by atoms with Crippen LogP contribution in [0.5, 0.6) is 0 Å². The van der Waals surface area contributed by atoms with Gasteiger partial charge in [-0.1, -0.05) is 13.8 Å². The second kappa shape index (κ2) is 7.84. The molecule has 5 nitrogen and oxygen atoms in total. The van der Waals surface area contributed by atoms with Crippen molar-refractivity contribution in [3.63, 3.8) is 0 Å². The van der Waals surface area contributed by atoms with E-state index in [9.17, 15) is 0 Å². The molecule has 1 aromatic rings. The molecule has 1 heterocycles. The molecule has 0 saturated heterocycles. The summed E-state index contributed by atoms with van der Waals surface area (Å²) in [6, 6.07) is 0. The SMILES string of the molecule is CCCN(CCC)c1nncc(N(CC)CC)n1. The molecule has 102 valence electrons. The first-order chi connectivity index (χ1) is 8.76. The Bertz CT molecular complexity index is 332. The smallest absolute Gasteiger partial charge is 0.247 e. The third-order valence-corrected chi connectivity index (χ3v) is 2.89. The highest BCUT2D eigenvalue weighted by molar-refractivity contribution is 5.41. The zero-order valence-electron chi connectivity index (χ0n) is 12.1. The quantitative estimate of drug-likeness (QED) is 0.709. The number of hydrogen-bond acceptors (Lipinski definition) is 5. The van der Waals surface area contributed by atoms with Gasteiger partial charge < -0.3 is 9.80 Å². The molecule has 0 aliphatic heterocycles. The number of anilines is 2. The fourth-order valence-corrected chi connectivity index (χ4v) is 1.97. The number of aromatic nitrogens is 3. The molecule has 0 aromatic carbocycles. The van der Waals surface area contributed by atoms with Crippen molar-refractivity contribution in [3.05, 3.63) is 6.20 Å². The third-order valence-electron chi connectivity index (χ3n) is 2.89. The first-order valence-corrected chi connectivity index (χ1v) is 6.96. The molecule has 0 radical (unpaired) electrons. The predicted molar refractivity (Wildman–Crippen MR) is 76.2 cm³/mol. The van der Waals surface area contributed by atoms with Gasteiger partial charge in [0.15, 0.2) is 5.82 Å². The first kappa shape index (κ1) is 14.7. The maximum absolute atomic E-state index is 4.63. The summed E-state index contributed by atoms with van der Waals surface area (Å²) in [5, 5.41) is 8.26. The van der Waals surface area contributed by atoms with Crippen LogP contribution in [-0.2, 0) is 0 Å². The van der Waals surface area contributed by atoms with E-state index in [1.165, 1.54) is 0 Å². The van der Waals surface area contributed by atoms with Crippen LogP contribution in [0.1, 0.15) is 40.5 Å². The van der Waals surface area contributed by atoms with E-state index in [4.69, 9.17) is 0 Å². The number of nitrogens with zero attached hydrogens (tertiary/aromatic N) is 5. The van der Waals surface area contributed by atoms with Crippen LogP contribution in [0.4, 0.5) is 11.8 Å². The molecule has 0 saturated carbocycles. The molecular formula is C13H25N5. The average molecular weight is 251 g/mol. The molecule has 5 heteroatoms. The van der Waals surface area contributed by atoms with Gasteiger partial charge in [0.2, 0.25) is 5.95 Å². The van der Waals surface area contributed by atoms with Crippen molar-refractivity contribution in [2.75, 3.05) is 36.0 Å². The van der Waals surface area contributed by atoms with E-state index in [2.05, 4.69) is 52.7 Å². The summed E-state index contributed by atoms with van der Waals surface area (Å²) in [4.78, 5) is 9.03. The highest BCUT2D eigenvalue weighted by Crippen LogP contribution is 2.13. The summed E-state index contributed by atoms with van der Waals surface area (Å²) in [6.45, 7) is 12.4. The van der Waals surface area contributed by atoms with Crippen LogP contribution in [0.25, 0.3) is 0 Å².